The summed E-state index contributed by atoms with van der Waals surface area (Å²) in [4.78, 5) is 42.4. The minimum atomic E-state index is -0.825. The number of fused-ring (bicyclic) bond motifs is 1. The van der Waals surface area contributed by atoms with Crippen molar-refractivity contribution >= 4 is 17.7 Å². The Balaban J connectivity index is 1.43. The highest BCUT2D eigenvalue weighted by Crippen LogP contribution is 2.31. The molecule has 174 valence electrons. The van der Waals surface area contributed by atoms with Crippen molar-refractivity contribution in [2.24, 2.45) is 5.92 Å². The Labute approximate surface area is 194 Å². The highest BCUT2D eigenvalue weighted by atomic mass is 16.5. The van der Waals surface area contributed by atoms with Crippen LogP contribution in [0.2, 0.25) is 0 Å². The summed E-state index contributed by atoms with van der Waals surface area (Å²) in [6.07, 6.45) is 1.30. The molecule has 0 aromatic heterocycles. The first-order valence-electron chi connectivity index (χ1n) is 11.6. The number of hydrogen-bond donors (Lipinski definition) is 0. The third kappa shape index (κ3) is 4.45. The standard InChI is InChI=1S/C26H30N2O5/c1-4-32-21-11-7-8-12-22(21)33-18-13-15-27(16-14-18)26(31)23(17(2)3)28-24(29)19-9-5-6-10-20(19)25(28)30/h5-12,17-18,23H,4,13-16H2,1-3H3. The largest absolute Gasteiger partial charge is 0.490 e. The molecule has 0 N–H and O–H groups in total. The molecule has 2 heterocycles. The van der Waals surface area contributed by atoms with E-state index in [-0.39, 0.29) is 17.9 Å². The summed E-state index contributed by atoms with van der Waals surface area (Å²) in [7, 11) is 0. The van der Waals surface area contributed by atoms with Gasteiger partial charge in [-0.1, -0.05) is 38.1 Å². The molecule has 1 atom stereocenters. The number of likely N-dealkylation sites (tertiary alicyclic amines) is 1. The van der Waals surface area contributed by atoms with Crippen LogP contribution in [0, 0.1) is 5.92 Å². The summed E-state index contributed by atoms with van der Waals surface area (Å²) < 4.78 is 11.8. The van der Waals surface area contributed by atoms with Gasteiger partial charge in [0.15, 0.2) is 11.5 Å². The molecule has 7 nitrogen and oxygen atoms in total. The second kappa shape index (κ2) is 9.65. The fourth-order valence-electron chi connectivity index (χ4n) is 4.54. The number of amides is 3. The van der Waals surface area contributed by atoms with Gasteiger partial charge >= 0.3 is 0 Å². The summed E-state index contributed by atoms with van der Waals surface area (Å²) >= 11 is 0. The third-order valence-electron chi connectivity index (χ3n) is 6.18. The van der Waals surface area contributed by atoms with Gasteiger partial charge in [0.05, 0.1) is 17.7 Å². The molecule has 2 aliphatic rings. The molecule has 4 rings (SSSR count). The molecule has 33 heavy (non-hydrogen) atoms. The van der Waals surface area contributed by atoms with Crippen molar-refractivity contribution in [1.29, 1.82) is 0 Å². The topological polar surface area (TPSA) is 76.2 Å². The second-order valence-corrected chi connectivity index (χ2v) is 8.74. The van der Waals surface area contributed by atoms with Gasteiger partial charge in [0.2, 0.25) is 5.91 Å². The van der Waals surface area contributed by atoms with Gasteiger partial charge in [-0.2, -0.15) is 0 Å². The number of nitrogens with zero attached hydrogens (tertiary/aromatic N) is 2. The molecule has 3 amide bonds. The lowest BCUT2D eigenvalue weighted by Crippen LogP contribution is -2.55. The molecular formula is C26H30N2O5. The quantitative estimate of drug-likeness (QED) is 0.600. The van der Waals surface area contributed by atoms with Crippen LogP contribution in [-0.4, -0.2) is 59.4 Å². The van der Waals surface area contributed by atoms with Crippen LogP contribution in [0.3, 0.4) is 0 Å². The number of para-hydroxylation sites is 2. The minimum Gasteiger partial charge on any atom is -0.490 e. The van der Waals surface area contributed by atoms with E-state index in [1.54, 1.807) is 29.2 Å². The van der Waals surface area contributed by atoms with Crippen molar-refractivity contribution in [3.8, 4) is 11.5 Å². The molecule has 0 spiro atoms. The number of carbonyl (C=O) groups excluding carboxylic acids is 3. The van der Waals surface area contributed by atoms with Crippen molar-refractivity contribution < 1.29 is 23.9 Å². The Hall–Kier alpha value is -3.35. The van der Waals surface area contributed by atoms with Crippen molar-refractivity contribution in [2.45, 2.75) is 45.8 Å². The lowest BCUT2D eigenvalue weighted by atomic mass is 9.98. The molecular weight excluding hydrogens is 420 g/mol. The van der Waals surface area contributed by atoms with Gasteiger partial charge in [-0.25, -0.2) is 0 Å². The average Bonchev–Trinajstić information content (AvgIpc) is 3.06. The van der Waals surface area contributed by atoms with Gasteiger partial charge < -0.3 is 14.4 Å². The summed E-state index contributed by atoms with van der Waals surface area (Å²) in [5.74, 6) is 0.237. The van der Waals surface area contributed by atoms with E-state index in [4.69, 9.17) is 9.47 Å². The van der Waals surface area contributed by atoms with Crippen molar-refractivity contribution in [2.75, 3.05) is 19.7 Å². The number of hydrogen-bond acceptors (Lipinski definition) is 5. The Bertz CT molecular complexity index is 1010. The zero-order valence-electron chi connectivity index (χ0n) is 19.3. The molecule has 0 aliphatic carbocycles. The number of ether oxygens (including phenoxy) is 2. The highest BCUT2D eigenvalue weighted by Gasteiger charge is 2.45. The molecule has 7 heteroatoms. The smallest absolute Gasteiger partial charge is 0.262 e. The number of carbonyl (C=O) groups is 3. The fourth-order valence-corrected chi connectivity index (χ4v) is 4.54. The maximum Gasteiger partial charge on any atom is 0.262 e. The lowest BCUT2D eigenvalue weighted by Gasteiger charge is -2.37. The van der Waals surface area contributed by atoms with Crippen LogP contribution in [-0.2, 0) is 4.79 Å². The second-order valence-electron chi connectivity index (χ2n) is 8.74. The van der Waals surface area contributed by atoms with Crippen molar-refractivity contribution in [3.05, 3.63) is 59.7 Å². The van der Waals surface area contributed by atoms with E-state index in [0.29, 0.717) is 55.2 Å². The highest BCUT2D eigenvalue weighted by molar-refractivity contribution is 6.22. The number of piperidine rings is 1. The Morgan fingerprint density at radius 1 is 0.939 bits per heavy atom. The van der Waals surface area contributed by atoms with E-state index in [1.165, 1.54) is 0 Å². The van der Waals surface area contributed by atoms with Crippen molar-refractivity contribution in [1.82, 2.24) is 9.80 Å². The molecule has 1 saturated heterocycles. The van der Waals surface area contributed by atoms with Gasteiger partial charge in [-0.3, -0.25) is 19.3 Å². The Morgan fingerprint density at radius 3 is 2.03 bits per heavy atom. The normalized spacial score (nSPS) is 17.3. The van der Waals surface area contributed by atoms with Crippen LogP contribution >= 0.6 is 0 Å². The lowest BCUT2D eigenvalue weighted by molar-refractivity contribution is -0.138. The molecule has 0 bridgehead atoms. The predicted octanol–water partition coefficient (Wildman–Crippen LogP) is 3.78. The maximum atomic E-state index is 13.5. The summed E-state index contributed by atoms with van der Waals surface area (Å²) in [6, 6.07) is 13.5. The summed E-state index contributed by atoms with van der Waals surface area (Å²) in [5.41, 5.74) is 0.724. The van der Waals surface area contributed by atoms with Gasteiger partial charge in [0.25, 0.3) is 11.8 Å². The minimum absolute atomic E-state index is 0.0348. The Morgan fingerprint density at radius 2 is 1.48 bits per heavy atom. The van der Waals surface area contributed by atoms with E-state index in [1.807, 2.05) is 45.0 Å². The number of rotatable bonds is 7. The molecule has 2 aromatic carbocycles. The molecule has 1 unspecified atom stereocenters. The van der Waals surface area contributed by atoms with E-state index >= 15 is 0 Å². The van der Waals surface area contributed by atoms with Gasteiger partial charge in [0, 0.05) is 25.9 Å². The summed E-state index contributed by atoms with van der Waals surface area (Å²) in [6.45, 7) is 7.24. The third-order valence-corrected chi connectivity index (χ3v) is 6.18. The van der Waals surface area contributed by atoms with Crippen LogP contribution in [0.25, 0.3) is 0 Å². The van der Waals surface area contributed by atoms with E-state index in [0.717, 1.165) is 4.90 Å². The first kappa shape index (κ1) is 22.8. The monoisotopic (exact) mass is 450 g/mol. The molecule has 0 saturated carbocycles. The van der Waals surface area contributed by atoms with Crippen LogP contribution in [0.4, 0.5) is 0 Å². The van der Waals surface area contributed by atoms with Gasteiger partial charge in [0.1, 0.15) is 12.1 Å². The average molecular weight is 451 g/mol. The maximum absolute atomic E-state index is 13.5. The summed E-state index contributed by atoms with van der Waals surface area (Å²) in [5, 5.41) is 0. The van der Waals surface area contributed by atoms with E-state index in [9.17, 15) is 14.4 Å². The first-order chi connectivity index (χ1) is 15.9. The van der Waals surface area contributed by atoms with E-state index in [2.05, 4.69) is 0 Å². The van der Waals surface area contributed by atoms with Crippen LogP contribution in [0.1, 0.15) is 54.3 Å². The first-order valence-corrected chi connectivity index (χ1v) is 11.6. The fraction of sp³-hybridized carbons (Fsp3) is 0.423. The zero-order chi connectivity index (χ0) is 23.5. The Kier molecular flexibility index (Phi) is 6.67. The van der Waals surface area contributed by atoms with E-state index < -0.39 is 17.9 Å². The van der Waals surface area contributed by atoms with Crippen LogP contribution in [0.15, 0.2) is 48.5 Å². The van der Waals surface area contributed by atoms with Gasteiger partial charge in [-0.15, -0.1) is 0 Å². The molecule has 2 aliphatic heterocycles. The molecule has 0 radical (unpaired) electrons. The predicted molar refractivity (Wildman–Crippen MR) is 123 cm³/mol. The van der Waals surface area contributed by atoms with Crippen LogP contribution < -0.4 is 9.47 Å². The van der Waals surface area contributed by atoms with Crippen LogP contribution in [0.5, 0.6) is 11.5 Å². The number of imide groups is 1. The molecule has 1 fully saturated rings. The SMILES string of the molecule is CCOc1ccccc1OC1CCN(C(=O)C(C(C)C)N2C(=O)c3ccccc3C2=O)CC1. The number of benzene rings is 2. The van der Waals surface area contributed by atoms with Gasteiger partial charge in [-0.05, 0) is 37.1 Å². The molecule has 2 aromatic rings. The van der Waals surface area contributed by atoms with Crippen molar-refractivity contribution in [3.63, 3.8) is 0 Å². The zero-order valence-corrected chi connectivity index (χ0v) is 19.3.